The van der Waals surface area contributed by atoms with Crippen molar-refractivity contribution in [2.24, 2.45) is 0 Å². The van der Waals surface area contributed by atoms with E-state index >= 15 is 0 Å². The fraction of sp³-hybridized carbons (Fsp3) is 0.344. The monoisotopic (exact) mass is 540 g/mol. The van der Waals surface area contributed by atoms with E-state index in [-0.39, 0.29) is 5.41 Å². The first-order valence-electron chi connectivity index (χ1n) is 13.7. The number of ketones is 1. The SMILES string of the molecule is Cc1ccccc1-n1nc(C(C)(C)C)cc1NC(=O)C(=O)c1ccc(OCCN2CCOCC2)c2ccccc12. The minimum atomic E-state index is -0.721. The van der Waals surface area contributed by atoms with Gasteiger partial charge in [0.2, 0.25) is 0 Å². The first-order valence-corrected chi connectivity index (χ1v) is 13.7. The van der Waals surface area contributed by atoms with E-state index in [2.05, 4.69) is 31.0 Å². The normalized spacial score (nSPS) is 14.3. The number of hydrogen-bond donors (Lipinski definition) is 1. The van der Waals surface area contributed by atoms with Crippen LogP contribution in [0, 0.1) is 6.92 Å². The zero-order chi connectivity index (χ0) is 28.3. The maximum atomic E-state index is 13.5. The quantitative estimate of drug-likeness (QED) is 0.245. The molecular weight excluding hydrogens is 504 g/mol. The highest BCUT2D eigenvalue weighted by molar-refractivity contribution is 6.48. The van der Waals surface area contributed by atoms with Crippen LogP contribution in [0.4, 0.5) is 5.82 Å². The molecule has 3 aromatic carbocycles. The van der Waals surface area contributed by atoms with Crippen LogP contribution in [0.15, 0.2) is 66.7 Å². The molecular formula is C32H36N4O4. The van der Waals surface area contributed by atoms with Gasteiger partial charge in [0.25, 0.3) is 11.7 Å². The molecule has 1 aliphatic heterocycles. The number of nitrogens with one attached hydrogen (secondary N) is 1. The van der Waals surface area contributed by atoms with Crippen LogP contribution < -0.4 is 10.1 Å². The van der Waals surface area contributed by atoms with Gasteiger partial charge in [-0.3, -0.25) is 14.5 Å². The Hall–Kier alpha value is -4.01. The zero-order valence-electron chi connectivity index (χ0n) is 23.6. The predicted molar refractivity (Wildman–Crippen MR) is 157 cm³/mol. The maximum absolute atomic E-state index is 13.5. The molecule has 0 spiro atoms. The van der Waals surface area contributed by atoms with Crippen LogP contribution in [0.25, 0.3) is 16.5 Å². The topological polar surface area (TPSA) is 85.7 Å². The van der Waals surface area contributed by atoms with E-state index in [0.29, 0.717) is 29.1 Å². The second kappa shape index (κ2) is 11.6. The van der Waals surface area contributed by atoms with Crippen molar-refractivity contribution < 1.29 is 19.1 Å². The Balaban J connectivity index is 1.39. The molecule has 40 heavy (non-hydrogen) atoms. The molecule has 8 heteroatoms. The fourth-order valence-corrected chi connectivity index (χ4v) is 4.82. The van der Waals surface area contributed by atoms with Gasteiger partial charge >= 0.3 is 0 Å². The molecule has 0 unspecified atom stereocenters. The lowest BCUT2D eigenvalue weighted by Crippen LogP contribution is -2.38. The minimum absolute atomic E-state index is 0.245. The van der Waals surface area contributed by atoms with Crippen molar-refractivity contribution in [3.05, 3.63) is 83.6 Å². The first kappa shape index (κ1) is 27.6. The van der Waals surface area contributed by atoms with Gasteiger partial charge < -0.3 is 14.8 Å². The van der Waals surface area contributed by atoms with Crippen LogP contribution in [-0.4, -0.2) is 65.8 Å². The molecule has 1 saturated heterocycles. The summed E-state index contributed by atoms with van der Waals surface area (Å²) < 4.78 is 13.2. The smallest absolute Gasteiger partial charge is 0.297 e. The highest BCUT2D eigenvalue weighted by Gasteiger charge is 2.25. The van der Waals surface area contributed by atoms with E-state index in [1.165, 1.54) is 0 Å². The van der Waals surface area contributed by atoms with Gasteiger partial charge in [0.15, 0.2) is 0 Å². The lowest BCUT2D eigenvalue weighted by molar-refractivity contribution is -0.112. The number of carbonyl (C=O) groups excluding carboxylic acids is 2. The van der Waals surface area contributed by atoms with Crippen LogP contribution in [0.3, 0.4) is 0 Å². The van der Waals surface area contributed by atoms with E-state index < -0.39 is 11.7 Å². The predicted octanol–water partition coefficient (Wildman–Crippen LogP) is 5.16. The van der Waals surface area contributed by atoms with Crippen molar-refractivity contribution in [3.8, 4) is 11.4 Å². The van der Waals surface area contributed by atoms with Crippen molar-refractivity contribution in [2.45, 2.75) is 33.1 Å². The Bertz CT molecular complexity index is 1530. The number of Topliss-reactive ketones (excluding diaryl/α,β-unsaturated/α-hetero) is 1. The summed E-state index contributed by atoms with van der Waals surface area (Å²) in [5, 5.41) is 9.10. The molecule has 4 aromatic rings. The summed E-state index contributed by atoms with van der Waals surface area (Å²) in [6, 6.07) is 20.6. The number of rotatable bonds is 8. The first-order chi connectivity index (χ1) is 19.2. The molecule has 0 bridgehead atoms. The molecule has 1 aliphatic rings. The summed E-state index contributed by atoms with van der Waals surface area (Å²) in [6.07, 6.45) is 0. The van der Waals surface area contributed by atoms with Crippen molar-refractivity contribution in [3.63, 3.8) is 0 Å². The molecule has 2 heterocycles. The summed E-state index contributed by atoms with van der Waals surface area (Å²) in [6.45, 7) is 12.8. The van der Waals surface area contributed by atoms with Crippen LogP contribution in [0.2, 0.25) is 0 Å². The number of hydrogen-bond acceptors (Lipinski definition) is 6. The van der Waals surface area contributed by atoms with Gasteiger partial charge in [-0.15, -0.1) is 0 Å². The minimum Gasteiger partial charge on any atom is -0.492 e. The van der Waals surface area contributed by atoms with E-state index in [4.69, 9.17) is 14.6 Å². The molecule has 5 rings (SSSR count). The highest BCUT2D eigenvalue weighted by atomic mass is 16.5. The summed E-state index contributed by atoms with van der Waals surface area (Å²) in [5.41, 5.74) is 2.73. The molecule has 208 valence electrons. The van der Waals surface area contributed by atoms with E-state index in [0.717, 1.165) is 55.2 Å². The highest BCUT2D eigenvalue weighted by Crippen LogP contribution is 2.30. The molecule has 1 aromatic heterocycles. The number of anilines is 1. The van der Waals surface area contributed by atoms with Gasteiger partial charge in [-0.2, -0.15) is 5.10 Å². The number of amides is 1. The van der Waals surface area contributed by atoms with Gasteiger partial charge in [-0.05, 0) is 36.1 Å². The Morgan fingerprint density at radius 3 is 2.40 bits per heavy atom. The second-order valence-corrected chi connectivity index (χ2v) is 11.1. The third-order valence-electron chi connectivity index (χ3n) is 7.17. The number of fused-ring (bicyclic) bond motifs is 1. The molecule has 8 nitrogen and oxygen atoms in total. The van der Waals surface area contributed by atoms with Crippen LogP contribution in [0.1, 0.15) is 42.4 Å². The zero-order valence-corrected chi connectivity index (χ0v) is 23.6. The van der Waals surface area contributed by atoms with Crippen LogP contribution in [-0.2, 0) is 14.9 Å². The van der Waals surface area contributed by atoms with Crippen molar-refractivity contribution in [1.29, 1.82) is 0 Å². The van der Waals surface area contributed by atoms with Crippen molar-refractivity contribution in [1.82, 2.24) is 14.7 Å². The summed E-state index contributed by atoms with van der Waals surface area (Å²) in [7, 11) is 0. The van der Waals surface area contributed by atoms with Gasteiger partial charge in [-0.1, -0.05) is 63.2 Å². The third kappa shape index (κ3) is 5.93. The van der Waals surface area contributed by atoms with Gasteiger partial charge in [0.05, 0.1) is 24.6 Å². The Morgan fingerprint density at radius 2 is 1.68 bits per heavy atom. The lowest BCUT2D eigenvalue weighted by atomic mass is 9.92. The number of aryl methyl sites for hydroxylation is 1. The molecule has 1 fully saturated rings. The van der Waals surface area contributed by atoms with Crippen LogP contribution >= 0.6 is 0 Å². The van der Waals surface area contributed by atoms with E-state index in [9.17, 15) is 9.59 Å². The van der Waals surface area contributed by atoms with Crippen molar-refractivity contribution >= 4 is 28.3 Å². The summed E-state index contributed by atoms with van der Waals surface area (Å²) >= 11 is 0. The third-order valence-corrected chi connectivity index (χ3v) is 7.17. The molecule has 0 aliphatic carbocycles. The lowest BCUT2D eigenvalue weighted by Gasteiger charge is -2.26. The maximum Gasteiger partial charge on any atom is 0.297 e. The van der Waals surface area contributed by atoms with Gasteiger partial charge in [0.1, 0.15) is 18.2 Å². The Morgan fingerprint density at radius 1 is 0.975 bits per heavy atom. The van der Waals surface area contributed by atoms with E-state index in [1.54, 1.807) is 16.8 Å². The summed E-state index contributed by atoms with van der Waals surface area (Å²) in [4.78, 5) is 29.2. The molecule has 1 amide bonds. The average Bonchev–Trinajstić information content (AvgIpc) is 3.37. The number of aromatic nitrogens is 2. The fourth-order valence-electron chi connectivity index (χ4n) is 4.82. The Labute approximate surface area is 234 Å². The van der Waals surface area contributed by atoms with Gasteiger partial charge in [0, 0.05) is 42.1 Å². The van der Waals surface area contributed by atoms with Crippen LogP contribution in [0.5, 0.6) is 5.75 Å². The standard InChI is InChI=1S/C32H36N4O4/c1-22-9-5-8-12-26(22)36-29(21-28(34-36)32(2,3)4)33-31(38)30(37)25-13-14-27(24-11-7-6-10-23(24)25)40-20-17-35-15-18-39-19-16-35/h5-14,21H,15-20H2,1-4H3,(H,33,38). The largest absolute Gasteiger partial charge is 0.492 e. The molecule has 0 atom stereocenters. The number of nitrogens with zero attached hydrogens (tertiary/aromatic N) is 3. The molecule has 1 N–H and O–H groups in total. The number of benzene rings is 3. The van der Waals surface area contributed by atoms with E-state index in [1.807, 2.05) is 61.5 Å². The number of carbonyl (C=O) groups is 2. The molecule has 0 saturated carbocycles. The number of morpholine rings is 1. The second-order valence-electron chi connectivity index (χ2n) is 11.1. The average molecular weight is 541 g/mol. The molecule has 0 radical (unpaired) electrons. The van der Waals surface area contributed by atoms with Gasteiger partial charge in [-0.25, -0.2) is 4.68 Å². The van der Waals surface area contributed by atoms with Crippen molar-refractivity contribution in [2.75, 3.05) is 44.8 Å². The number of ether oxygens (including phenoxy) is 2. The number of para-hydroxylation sites is 1. The Kier molecular flexibility index (Phi) is 8.00. The summed E-state index contributed by atoms with van der Waals surface area (Å²) in [5.74, 6) is -0.203.